The summed E-state index contributed by atoms with van der Waals surface area (Å²) in [5.41, 5.74) is 4.53. The molecule has 0 saturated carbocycles. The summed E-state index contributed by atoms with van der Waals surface area (Å²) in [6.07, 6.45) is 1.48. The van der Waals surface area contributed by atoms with Gasteiger partial charge in [0.05, 0.1) is 10.6 Å². The van der Waals surface area contributed by atoms with Gasteiger partial charge in [0.15, 0.2) is 0 Å². The van der Waals surface area contributed by atoms with Gasteiger partial charge < -0.3 is 15.1 Å². The number of benzene rings is 2. The third kappa shape index (κ3) is 3.78. The highest BCUT2D eigenvalue weighted by Crippen LogP contribution is 2.37. The van der Waals surface area contributed by atoms with E-state index in [0.29, 0.717) is 18.0 Å². The van der Waals surface area contributed by atoms with E-state index in [4.69, 9.17) is 0 Å². The number of nitrogens with one attached hydrogen (secondary N) is 1. The molecule has 4 rings (SSSR count). The minimum Gasteiger partial charge on any atom is -0.368 e. The van der Waals surface area contributed by atoms with Crippen molar-refractivity contribution in [2.75, 3.05) is 36.4 Å². The number of hydrogen-bond acceptors (Lipinski definition) is 4. The first-order valence-corrected chi connectivity index (χ1v) is 10.2. The molecule has 0 unspecified atom stereocenters. The monoisotopic (exact) mass is 393 g/mol. The fourth-order valence-corrected chi connectivity index (χ4v) is 4.45. The molecule has 144 valence electrons. The van der Waals surface area contributed by atoms with Gasteiger partial charge in [0.25, 0.3) is 5.91 Å². The van der Waals surface area contributed by atoms with Gasteiger partial charge in [-0.1, -0.05) is 36.0 Å². The molecule has 0 aromatic heterocycles. The van der Waals surface area contributed by atoms with Gasteiger partial charge in [0, 0.05) is 42.8 Å². The Hall–Kier alpha value is -2.73. The molecule has 5 nitrogen and oxygen atoms in total. The van der Waals surface area contributed by atoms with E-state index < -0.39 is 0 Å². The van der Waals surface area contributed by atoms with Crippen LogP contribution in [0.25, 0.3) is 0 Å². The third-order valence-electron chi connectivity index (χ3n) is 5.13. The maximum absolute atomic E-state index is 12.7. The molecule has 0 aliphatic carbocycles. The maximum atomic E-state index is 12.7. The van der Waals surface area contributed by atoms with E-state index in [0.717, 1.165) is 23.7 Å². The Labute approximate surface area is 169 Å². The second-order valence-corrected chi connectivity index (χ2v) is 8.25. The standard InChI is InChI=1S/C22H23N3O2S/c1-15-7-8-16(2)18(13-15)24-9-11-25(12-10-24)21(26)14-20-22(27)23-17-5-3-4-6-19(17)28-20/h3-8,13-14H,9-12H2,1-2H3,(H,23,27). The molecule has 2 aliphatic rings. The zero-order valence-corrected chi connectivity index (χ0v) is 16.9. The number of hydrogen-bond donors (Lipinski definition) is 1. The van der Waals surface area contributed by atoms with Crippen LogP contribution in [0, 0.1) is 13.8 Å². The van der Waals surface area contributed by atoms with Crippen LogP contribution in [-0.2, 0) is 9.59 Å². The van der Waals surface area contributed by atoms with E-state index in [1.54, 1.807) is 0 Å². The van der Waals surface area contributed by atoms with E-state index >= 15 is 0 Å². The highest BCUT2D eigenvalue weighted by atomic mass is 32.2. The lowest BCUT2D eigenvalue weighted by molar-refractivity contribution is -0.126. The van der Waals surface area contributed by atoms with Crippen LogP contribution in [0.4, 0.5) is 11.4 Å². The summed E-state index contributed by atoms with van der Waals surface area (Å²) in [5, 5.41) is 2.85. The molecule has 2 amide bonds. The summed E-state index contributed by atoms with van der Waals surface area (Å²) in [4.78, 5) is 30.6. The molecule has 0 atom stereocenters. The number of nitrogens with zero attached hydrogens (tertiary/aromatic N) is 2. The highest BCUT2D eigenvalue weighted by Gasteiger charge is 2.25. The molecule has 1 N–H and O–H groups in total. The summed E-state index contributed by atoms with van der Waals surface area (Å²) in [7, 11) is 0. The van der Waals surface area contributed by atoms with Gasteiger partial charge in [-0.3, -0.25) is 9.59 Å². The molecule has 1 fully saturated rings. The molecule has 1 saturated heterocycles. The number of amides is 2. The quantitative estimate of drug-likeness (QED) is 0.793. The van der Waals surface area contributed by atoms with Crippen LogP contribution in [0.1, 0.15) is 11.1 Å². The first-order chi connectivity index (χ1) is 13.5. The average molecular weight is 394 g/mol. The first kappa shape index (κ1) is 18.6. The second-order valence-electron chi connectivity index (χ2n) is 7.16. The van der Waals surface area contributed by atoms with Crippen molar-refractivity contribution in [2.45, 2.75) is 18.7 Å². The molecule has 2 aromatic rings. The third-order valence-corrected chi connectivity index (χ3v) is 6.23. The summed E-state index contributed by atoms with van der Waals surface area (Å²) in [6, 6.07) is 14.1. The number of rotatable bonds is 2. The number of carbonyl (C=O) groups excluding carboxylic acids is 2. The molecule has 0 bridgehead atoms. The zero-order valence-electron chi connectivity index (χ0n) is 16.1. The molecule has 2 heterocycles. The van der Waals surface area contributed by atoms with Gasteiger partial charge in [0.1, 0.15) is 0 Å². The van der Waals surface area contributed by atoms with Gasteiger partial charge >= 0.3 is 0 Å². The topological polar surface area (TPSA) is 52.6 Å². The van der Waals surface area contributed by atoms with Crippen molar-refractivity contribution in [3.63, 3.8) is 0 Å². The van der Waals surface area contributed by atoms with Crippen LogP contribution in [0.5, 0.6) is 0 Å². The van der Waals surface area contributed by atoms with Crippen LogP contribution < -0.4 is 10.2 Å². The minimum atomic E-state index is -0.217. The van der Waals surface area contributed by atoms with E-state index in [-0.39, 0.29) is 11.8 Å². The number of para-hydroxylation sites is 1. The Morgan fingerprint density at radius 1 is 1.07 bits per heavy atom. The lowest BCUT2D eigenvalue weighted by Gasteiger charge is -2.36. The number of aryl methyl sites for hydroxylation is 2. The summed E-state index contributed by atoms with van der Waals surface area (Å²) >= 11 is 1.35. The molecule has 6 heteroatoms. The van der Waals surface area contributed by atoms with Gasteiger partial charge in [0.2, 0.25) is 5.91 Å². The number of fused-ring (bicyclic) bond motifs is 1. The van der Waals surface area contributed by atoms with Crippen molar-refractivity contribution in [3.8, 4) is 0 Å². The smallest absolute Gasteiger partial charge is 0.262 e. The van der Waals surface area contributed by atoms with Gasteiger partial charge in [-0.15, -0.1) is 0 Å². The van der Waals surface area contributed by atoms with Gasteiger partial charge in [-0.2, -0.15) is 0 Å². The normalized spacial score (nSPS) is 18.1. The van der Waals surface area contributed by atoms with Crippen molar-refractivity contribution >= 4 is 35.0 Å². The van der Waals surface area contributed by atoms with Crippen molar-refractivity contribution in [2.24, 2.45) is 0 Å². The van der Waals surface area contributed by atoms with Crippen molar-refractivity contribution < 1.29 is 9.59 Å². The van der Waals surface area contributed by atoms with Crippen LogP contribution >= 0.6 is 11.8 Å². The summed E-state index contributed by atoms with van der Waals surface area (Å²) in [6.45, 7) is 7.11. The van der Waals surface area contributed by atoms with Crippen molar-refractivity contribution in [1.82, 2.24) is 4.90 Å². The number of carbonyl (C=O) groups is 2. The Morgan fingerprint density at radius 2 is 1.82 bits per heavy atom. The van der Waals surface area contributed by atoms with Crippen molar-refractivity contribution in [1.29, 1.82) is 0 Å². The fourth-order valence-electron chi connectivity index (χ4n) is 3.53. The SMILES string of the molecule is Cc1ccc(C)c(N2CCN(C(=O)C=C3Sc4ccccc4NC3=O)CC2)c1. The first-order valence-electron chi connectivity index (χ1n) is 9.42. The number of anilines is 2. The molecule has 0 spiro atoms. The predicted molar refractivity (Wildman–Crippen MR) is 114 cm³/mol. The Balaban J connectivity index is 1.42. The van der Waals surface area contributed by atoms with E-state index in [2.05, 4.69) is 42.3 Å². The van der Waals surface area contributed by atoms with Crippen LogP contribution in [0.3, 0.4) is 0 Å². The molecule has 28 heavy (non-hydrogen) atoms. The lowest BCUT2D eigenvalue weighted by atomic mass is 10.1. The largest absolute Gasteiger partial charge is 0.368 e. The highest BCUT2D eigenvalue weighted by molar-refractivity contribution is 8.04. The average Bonchev–Trinajstić information content (AvgIpc) is 2.70. The van der Waals surface area contributed by atoms with Crippen LogP contribution in [0.2, 0.25) is 0 Å². The molecular weight excluding hydrogens is 370 g/mol. The van der Waals surface area contributed by atoms with E-state index in [1.807, 2.05) is 29.2 Å². The minimum absolute atomic E-state index is 0.0994. The van der Waals surface area contributed by atoms with Gasteiger partial charge in [-0.25, -0.2) is 0 Å². The molecular formula is C22H23N3O2S. The Kier molecular flexibility index (Phi) is 5.13. The van der Waals surface area contributed by atoms with Crippen molar-refractivity contribution in [3.05, 3.63) is 64.6 Å². The second kappa shape index (κ2) is 7.72. The fraction of sp³-hybridized carbons (Fsp3) is 0.273. The van der Waals surface area contributed by atoms with E-state index in [1.165, 1.54) is 34.7 Å². The number of thioether (sulfide) groups is 1. The van der Waals surface area contributed by atoms with Gasteiger partial charge in [-0.05, 0) is 43.2 Å². The molecule has 2 aliphatic heterocycles. The summed E-state index contributed by atoms with van der Waals surface area (Å²) in [5.74, 6) is -0.316. The van der Waals surface area contributed by atoms with E-state index in [9.17, 15) is 9.59 Å². The zero-order chi connectivity index (χ0) is 19.7. The number of piperazine rings is 1. The Morgan fingerprint density at radius 3 is 2.61 bits per heavy atom. The predicted octanol–water partition coefficient (Wildman–Crippen LogP) is 3.58. The summed E-state index contributed by atoms with van der Waals surface area (Å²) < 4.78 is 0. The van der Waals surface area contributed by atoms with Crippen LogP contribution in [-0.4, -0.2) is 42.9 Å². The molecule has 2 aromatic carbocycles. The lowest BCUT2D eigenvalue weighted by Crippen LogP contribution is -2.48. The Bertz CT molecular complexity index is 962. The maximum Gasteiger partial charge on any atom is 0.262 e. The van der Waals surface area contributed by atoms with Crippen LogP contribution in [0.15, 0.2) is 58.3 Å². The molecule has 0 radical (unpaired) electrons.